The molecule has 0 aliphatic carbocycles. The summed E-state index contributed by atoms with van der Waals surface area (Å²) < 4.78 is 49.8. The highest BCUT2D eigenvalue weighted by Crippen LogP contribution is 2.31. The van der Waals surface area contributed by atoms with E-state index in [9.17, 15) is 27.6 Å². The molecule has 13 heteroatoms. The fourth-order valence-corrected chi connectivity index (χ4v) is 5.01. The molecule has 0 radical (unpaired) electrons. The number of nitrogens with one attached hydrogen (secondary N) is 2. The zero-order chi connectivity index (χ0) is 31.3. The Morgan fingerprint density at radius 1 is 1.05 bits per heavy atom. The molecule has 1 aliphatic rings. The first-order chi connectivity index (χ1) is 21.0. The molecule has 1 fully saturated rings. The van der Waals surface area contributed by atoms with Gasteiger partial charge in [-0.05, 0) is 60.7 Å². The number of furan rings is 1. The van der Waals surface area contributed by atoms with Crippen molar-refractivity contribution >= 4 is 40.3 Å². The van der Waals surface area contributed by atoms with E-state index in [0.717, 1.165) is 12.1 Å². The molecule has 1 atom stereocenters. The van der Waals surface area contributed by atoms with Crippen LogP contribution in [0.3, 0.4) is 0 Å². The fraction of sp³-hybridized carbons (Fsp3) is 0.290. The lowest BCUT2D eigenvalue weighted by Gasteiger charge is -2.32. The van der Waals surface area contributed by atoms with Gasteiger partial charge in [0.05, 0.1) is 12.1 Å². The average Bonchev–Trinajstić information content (AvgIpc) is 3.43. The van der Waals surface area contributed by atoms with Gasteiger partial charge in [-0.3, -0.25) is 19.4 Å². The SMILES string of the molecule is O=C(N[C@@H](Cc1ccccn1)C(=O)NCC(=O)N1CCC(Oc2ccc(C(F)(F)F)cc2)CC1)c1cc2cc(Cl)ccc2o1. The van der Waals surface area contributed by atoms with Crippen molar-refractivity contribution in [1.82, 2.24) is 20.5 Å². The molecule has 3 heterocycles. The Bertz CT molecular complexity index is 1620. The number of likely N-dealkylation sites (tertiary alicyclic amines) is 1. The van der Waals surface area contributed by atoms with Gasteiger partial charge in [0, 0.05) is 54.7 Å². The standard InChI is InChI=1S/C31H28ClF3N4O5/c32-21-6-9-26-19(15-21)16-27(44-26)30(42)38-25(17-22-3-1-2-12-36-22)29(41)37-18-28(40)39-13-10-24(11-14-39)43-23-7-4-20(5-8-23)31(33,34)35/h1-9,12,15-16,24-25H,10-11,13-14,17-18H2,(H,37,41)(H,38,42)/t25-/m0/s1. The third kappa shape index (κ3) is 7.87. The second-order valence-electron chi connectivity index (χ2n) is 10.3. The van der Waals surface area contributed by atoms with Crippen molar-refractivity contribution in [2.24, 2.45) is 0 Å². The molecule has 1 aliphatic heterocycles. The Kier molecular flexibility index (Phi) is 9.38. The van der Waals surface area contributed by atoms with E-state index in [-0.39, 0.29) is 30.7 Å². The molecule has 0 saturated carbocycles. The van der Waals surface area contributed by atoms with Gasteiger partial charge in [0.15, 0.2) is 5.76 Å². The Balaban J connectivity index is 1.15. The molecule has 3 amide bonds. The molecule has 2 aromatic heterocycles. The van der Waals surface area contributed by atoms with Crippen molar-refractivity contribution < 1.29 is 36.7 Å². The normalized spacial score (nSPS) is 14.7. The van der Waals surface area contributed by atoms with E-state index in [1.807, 2.05) is 0 Å². The van der Waals surface area contributed by atoms with Crippen molar-refractivity contribution in [1.29, 1.82) is 0 Å². The third-order valence-electron chi connectivity index (χ3n) is 7.16. The summed E-state index contributed by atoms with van der Waals surface area (Å²) in [4.78, 5) is 44.9. The molecule has 4 aromatic rings. The van der Waals surface area contributed by atoms with E-state index in [1.54, 1.807) is 47.5 Å². The van der Waals surface area contributed by atoms with Gasteiger partial charge in [-0.15, -0.1) is 0 Å². The Hall–Kier alpha value is -4.58. The molecule has 0 bridgehead atoms. The van der Waals surface area contributed by atoms with Crippen LogP contribution in [0.25, 0.3) is 11.0 Å². The second kappa shape index (κ2) is 13.4. The lowest BCUT2D eigenvalue weighted by Crippen LogP contribution is -2.51. The predicted octanol–water partition coefficient (Wildman–Crippen LogP) is 5.03. The Morgan fingerprint density at radius 3 is 2.48 bits per heavy atom. The molecule has 1 saturated heterocycles. The van der Waals surface area contributed by atoms with Crippen molar-refractivity contribution in [3.63, 3.8) is 0 Å². The number of hydrogen-bond donors (Lipinski definition) is 2. The van der Waals surface area contributed by atoms with Crippen molar-refractivity contribution in [3.05, 3.63) is 95.0 Å². The number of hydrogen-bond acceptors (Lipinski definition) is 6. The van der Waals surface area contributed by atoms with E-state index < -0.39 is 29.6 Å². The summed E-state index contributed by atoms with van der Waals surface area (Å²) in [5.74, 6) is -1.18. The van der Waals surface area contributed by atoms with Crippen LogP contribution in [-0.4, -0.2) is 59.4 Å². The van der Waals surface area contributed by atoms with Gasteiger partial charge in [-0.25, -0.2) is 0 Å². The summed E-state index contributed by atoms with van der Waals surface area (Å²) in [5, 5.41) is 6.41. The number of carbonyl (C=O) groups is 3. The van der Waals surface area contributed by atoms with Crippen LogP contribution in [0, 0.1) is 0 Å². The molecule has 0 unspecified atom stereocenters. The topological polar surface area (TPSA) is 114 Å². The van der Waals surface area contributed by atoms with Gasteiger partial charge in [0.2, 0.25) is 11.8 Å². The van der Waals surface area contributed by atoms with Crippen LogP contribution < -0.4 is 15.4 Å². The maximum Gasteiger partial charge on any atom is 0.416 e. The minimum absolute atomic E-state index is 0.00134. The molecule has 9 nitrogen and oxygen atoms in total. The van der Waals surface area contributed by atoms with Crippen LogP contribution in [-0.2, 0) is 22.2 Å². The monoisotopic (exact) mass is 628 g/mol. The summed E-state index contributed by atoms with van der Waals surface area (Å²) in [6, 6.07) is 15.1. The van der Waals surface area contributed by atoms with Gasteiger partial charge in [-0.1, -0.05) is 17.7 Å². The predicted molar refractivity (Wildman–Crippen MR) is 155 cm³/mol. The van der Waals surface area contributed by atoms with Crippen LogP contribution in [0.15, 0.2) is 77.3 Å². The quantitative estimate of drug-likeness (QED) is 0.269. The van der Waals surface area contributed by atoms with Gasteiger partial charge < -0.3 is 24.7 Å². The highest BCUT2D eigenvalue weighted by molar-refractivity contribution is 6.31. The highest BCUT2D eigenvalue weighted by Gasteiger charge is 2.31. The highest BCUT2D eigenvalue weighted by atomic mass is 35.5. The summed E-state index contributed by atoms with van der Waals surface area (Å²) >= 11 is 6.03. The molecule has 230 valence electrons. The smallest absolute Gasteiger partial charge is 0.416 e. The number of aromatic nitrogens is 1. The molecular formula is C31H28ClF3N4O5. The minimum Gasteiger partial charge on any atom is -0.490 e. The van der Waals surface area contributed by atoms with E-state index in [4.69, 9.17) is 20.8 Å². The minimum atomic E-state index is -4.42. The van der Waals surface area contributed by atoms with Crippen molar-refractivity contribution in [3.8, 4) is 5.75 Å². The van der Waals surface area contributed by atoms with Crippen LogP contribution in [0.5, 0.6) is 5.75 Å². The first kappa shape index (κ1) is 30.9. The van der Waals surface area contributed by atoms with Gasteiger partial charge >= 0.3 is 6.18 Å². The largest absolute Gasteiger partial charge is 0.490 e. The van der Waals surface area contributed by atoms with Gasteiger partial charge in [-0.2, -0.15) is 13.2 Å². The molecule has 44 heavy (non-hydrogen) atoms. The summed E-state index contributed by atoms with van der Waals surface area (Å²) in [5.41, 5.74) is 0.268. The number of ether oxygens (including phenoxy) is 1. The zero-order valence-electron chi connectivity index (χ0n) is 23.3. The van der Waals surface area contributed by atoms with Gasteiger partial charge in [0.1, 0.15) is 23.5 Å². The first-order valence-electron chi connectivity index (χ1n) is 13.8. The van der Waals surface area contributed by atoms with E-state index in [0.29, 0.717) is 53.4 Å². The maximum atomic E-state index is 13.2. The maximum absolute atomic E-state index is 13.2. The number of rotatable bonds is 9. The van der Waals surface area contributed by atoms with Crippen LogP contribution in [0.2, 0.25) is 5.02 Å². The number of amides is 3. The number of piperidine rings is 1. The summed E-state index contributed by atoms with van der Waals surface area (Å²) in [6.07, 6.45) is -2.09. The number of fused-ring (bicyclic) bond motifs is 1. The second-order valence-corrected chi connectivity index (χ2v) is 10.7. The van der Waals surface area contributed by atoms with Crippen molar-refractivity contribution in [2.45, 2.75) is 37.6 Å². The van der Waals surface area contributed by atoms with Crippen LogP contribution >= 0.6 is 11.6 Å². The van der Waals surface area contributed by atoms with E-state index in [2.05, 4.69) is 15.6 Å². The van der Waals surface area contributed by atoms with Crippen molar-refractivity contribution in [2.75, 3.05) is 19.6 Å². The van der Waals surface area contributed by atoms with Crippen LogP contribution in [0.4, 0.5) is 13.2 Å². The van der Waals surface area contributed by atoms with E-state index >= 15 is 0 Å². The molecule has 2 N–H and O–H groups in total. The van der Waals surface area contributed by atoms with Crippen LogP contribution in [0.1, 0.15) is 34.7 Å². The molecule has 0 spiro atoms. The molecular weight excluding hydrogens is 601 g/mol. The number of pyridine rings is 1. The molecule has 5 rings (SSSR count). The van der Waals surface area contributed by atoms with Gasteiger partial charge in [0.25, 0.3) is 5.91 Å². The Morgan fingerprint density at radius 2 is 1.80 bits per heavy atom. The lowest BCUT2D eigenvalue weighted by molar-refractivity contribution is -0.137. The first-order valence-corrected chi connectivity index (χ1v) is 14.2. The number of nitrogens with zero attached hydrogens (tertiary/aromatic N) is 2. The lowest BCUT2D eigenvalue weighted by atomic mass is 10.1. The summed E-state index contributed by atoms with van der Waals surface area (Å²) in [6.45, 7) is 0.412. The van der Waals surface area contributed by atoms with E-state index in [1.165, 1.54) is 18.2 Å². The zero-order valence-corrected chi connectivity index (χ0v) is 24.0. The third-order valence-corrected chi connectivity index (χ3v) is 7.39. The number of benzene rings is 2. The molecule has 2 aromatic carbocycles. The Labute approximate surface area is 255 Å². The number of halogens is 4. The summed E-state index contributed by atoms with van der Waals surface area (Å²) in [7, 11) is 0. The fourth-order valence-electron chi connectivity index (χ4n) is 4.83. The number of alkyl halides is 3. The number of carbonyl (C=O) groups excluding carboxylic acids is 3. The average molecular weight is 629 g/mol.